The lowest BCUT2D eigenvalue weighted by Crippen LogP contribution is -2.39. The van der Waals surface area contributed by atoms with Crippen molar-refractivity contribution < 1.29 is 4.74 Å². The maximum Gasteiger partial charge on any atom is 0.145 e. The van der Waals surface area contributed by atoms with Gasteiger partial charge < -0.3 is 4.74 Å². The summed E-state index contributed by atoms with van der Waals surface area (Å²) in [5, 5.41) is 6.13. The summed E-state index contributed by atoms with van der Waals surface area (Å²) in [7, 11) is 0. The van der Waals surface area contributed by atoms with Gasteiger partial charge in [0.2, 0.25) is 0 Å². The first kappa shape index (κ1) is 11.7. The minimum atomic E-state index is -0.282. The lowest BCUT2D eigenvalue weighted by atomic mass is 9.94. The minimum Gasteiger partial charge on any atom is -0.357 e. The van der Waals surface area contributed by atoms with E-state index in [0.717, 1.165) is 19.6 Å². The molecule has 2 nitrogen and oxygen atoms in total. The van der Waals surface area contributed by atoms with Crippen LogP contribution in [0.4, 0.5) is 0 Å². The van der Waals surface area contributed by atoms with Gasteiger partial charge in [-0.2, -0.15) is 0 Å². The second-order valence-corrected chi connectivity index (χ2v) is 4.82. The number of hydrogen-bond acceptors (Lipinski definition) is 2. The van der Waals surface area contributed by atoms with E-state index in [1.54, 1.807) is 0 Å². The molecule has 1 unspecified atom stereocenters. The van der Waals surface area contributed by atoms with E-state index in [9.17, 15) is 0 Å². The van der Waals surface area contributed by atoms with Crippen molar-refractivity contribution in [2.24, 2.45) is 0 Å². The van der Waals surface area contributed by atoms with Crippen molar-refractivity contribution in [2.45, 2.75) is 25.5 Å². The van der Waals surface area contributed by atoms with Gasteiger partial charge in [0.1, 0.15) is 5.72 Å². The molecular formula is C16H19NO. The Morgan fingerprint density at radius 1 is 1.17 bits per heavy atom. The highest BCUT2D eigenvalue weighted by atomic mass is 16.5. The topological polar surface area (TPSA) is 21.3 Å². The van der Waals surface area contributed by atoms with Crippen LogP contribution in [0.25, 0.3) is 10.8 Å². The third kappa shape index (κ3) is 1.82. The largest absolute Gasteiger partial charge is 0.357 e. The molecule has 18 heavy (non-hydrogen) atoms. The molecule has 2 heteroatoms. The molecule has 3 rings (SSSR count). The predicted molar refractivity (Wildman–Crippen MR) is 74.5 cm³/mol. The van der Waals surface area contributed by atoms with Crippen LogP contribution >= 0.6 is 0 Å². The van der Waals surface area contributed by atoms with E-state index < -0.39 is 0 Å². The zero-order valence-corrected chi connectivity index (χ0v) is 10.8. The Morgan fingerprint density at radius 2 is 2.00 bits per heavy atom. The van der Waals surface area contributed by atoms with Gasteiger partial charge >= 0.3 is 0 Å². The highest BCUT2D eigenvalue weighted by Crippen LogP contribution is 2.36. The normalized spacial score (nSPS) is 23.6. The van der Waals surface area contributed by atoms with Crippen LogP contribution in [0.5, 0.6) is 0 Å². The second-order valence-electron chi connectivity index (χ2n) is 4.82. The Kier molecular flexibility index (Phi) is 3.06. The summed E-state index contributed by atoms with van der Waals surface area (Å²) in [6.45, 7) is 3.83. The van der Waals surface area contributed by atoms with E-state index in [1.807, 2.05) is 0 Å². The maximum atomic E-state index is 6.07. The zero-order chi connectivity index (χ0) is 12.4. The highest BCUT2D eigenvalue weighted by molar-refractivity contribution is 5.86. The van der Waals surface area contributed by atoms with Crippen molar-refractivity contribution in [1.29, 1.82) is 0 Å². The molecule has 0 saturated carbocycles. The van der Waals surface area contributed by atoms with E-state index in [4.69, 9.17) is 4.74 Å². The predicted octanol–water partition coefficient (Wildman–Crippen LogP) is 3.41. The van der Waals surface area contributed by atoms with Crippen molar-refractivity contribution in [1.82, 2.24) is 5.32 Å². The Bertz CT molecular complexity index is 538. The van der Waals surface area contributed by atoms with Gasteiger partial charge in [-0.1, -0.05) is 42.5 Å². The summed E-state index contributed by atoms with van der Waals surface area (Å²) in [6.07, 6.45) is 2.22. The summed E-state index contributed by atoms with van der Waals surface area (Å²) >= 11 is 0. The number of ether oxygens (including phenoxy) is 1. The van der Waals surface area contributed by atoms with Gasteiger partial charge in [-0.15, -0.1) is 0 Å². The molecule has 1 heterocycles. The third-order valence-electron chi connectivity index (χ3n) is 3.73. The molecule has 0 aromatic heterocycles. The van der Waals surface area contributed by atoms with Crippen LogP contribution in [0.15, 0.2) is 42.5 Å². The van der Waals surface area contributed by atoms with Gasteiger partial charge in [-0.3, -0.25) is 5.32 Å². The summed E-state index contributed by atoms with van der Waals surface area (Å²) in [5.41, 5.74) is 0.996. The summed E-state index contributed by atoms with van der Waals surface area (Å²) in [5.74, 6) is 0. The van der Waals surface area contributed by atoms with Gasteiger partial charge in [0, 0.05) is 12.2 Å². The molecule has 0 spiro atoms. The van der Waals surface area contributed by atoms with Crippen molar-refractivity contribution in [3.63, 3.8) is 0 Å². The quantitative estimate of drug-likeness (QED) is 0.889. The molecule has 1 saturated heterocycles. The van der Waals surface area contributed by atoms with Crippen LogP contribution in [0, 0.1) is 0 Å². The highest BCUT2D eigenvalue weighted by Gasteiger charge is 2.36. The van der Waals surface area contributed by atoms with Crippen molar-refractivity contribution in [3.8, 4) is 0 Å². The smallest absolute Gasteiger partial charge is 0.145 e. The average molecular weight is 241 g/mol. The lowest BCUT2D eigenvalue weighted by molar-refractivity contribution is -0.0559. The molecule has 1 aliphatic rings. The van der Waals surface area contributed by atoms with Crippen LogP contribution in [0.1, 0.15) is 25.3 Å². The van der Waals surface area contributed by atoms with E-state index in [0.29, 0.717) is 0 Å². The van der Waals surface area contributed by atoms with Gasteiger partial charge in [0.15, 0.2) is 0 Å². The van der Waals surface area contributed by atoms with E-state index >= 15 is 0 Å². The van der Waals surface area contributed by atoms with E-state index in [1.165, 1.54) is 22.8 Å². The Morgan fingerprint density at radius 3 is 2.78 bits per heavy atom. The van der Waals surface area contributed by atoms with Crippen molar-refractivity contribution in [2.75, 3.05) is 13.2 Å². The second kappa shape index (κ2) is 4.71. The van der Waals surface area contributed by atoms with Crippen LogP contribution in [0.3, 0.4) is 0 Å². The van der Waals surface area contributed by atoms with Gasteiger partial charge in [0.05, 0.1) is 0 Å². The molecule has 1 aliphatic heterocycles. The fourth-order valence-corrected chi connectivity index (χ4v) is 2.97. The van der Waals surface area contributed by atoms with Crippen molar-refractivity contribution in [3.05, 3.63) is 48.0 Å². The average Bonchev–Trinajstić information content (AvgIpc) is 2.88. The Labute approximate surface area is 108 Å². The van der Waals surface area contributed by atoms with Gasteiger partial charge in [-0.25, -0.2) is 0 Å². The van der Waals surface area contributed by atoms with Crippen LogP contribution in [-0.2, 0) is 10.5 Å². The SMILES string of the molecule is CCOC1(c2cccc3ccccc23)CCCN1. The van der Waals surface area contributed by atoms with Crippen LogP contribution in [0.2, 0.25) is 0 Å². The zero-order valence-electron chi connectivity index (χ0n) is 10.8. The summed E-state index contributed by atoms with van der Waals surface area (Å²) in [6, 6.07) is 15.0. The number of rotatable bonds is 3. The molecule has 2 aromatic carbocycles. The van der Waals surface area contributed by atoms with E-state index in [-0.39, 0.29) is 5.72 Å². The number of fused-ring (bicyclic) bond motifs is 1. The molecule has 0 aliphatic carbocycles. The van der Waals surface area contributed by atoms with Crippen LogP contribution < -0.4 is 5.32 Å². The molecule has 0 bridgehead atoms. The van der Waals surface area contributed by atoms with Crippen molar-refractivity contribution >= 4 is 10.8 Å². The third-order valence-corrected chi connectivity index (χ3v) is 3.73. The van der Waals surface area contributed by atoms with Gasteiger partial charge in [0.25, 0.3) is 0 Å². The molecule has 1 fully saturated rings. The molecule has 0 radical (unpaired) electrons. The first-order valence-electron chi connectivity index (χ1n) is 6.73. The Balaban J connectivity index is 2.17. The lowest BCUT2D eigenvalue weighted by Gasteiger charge is -2.31. The first-order valence-corrected chi connectivity index (χ1v) is 6.73. The molecule has 94 valence electrons. The maximum absolute atomic E-state index is 6.07. The monoisotopic (exact) mass is 241 g/mol. The minimum absolute atomic E-state index is 0.282. The van der Waals surface area contributed by atoms with E-state index in [2.05, 4.69) is 54.7 Å². The number of nitrogens with one attached hydrogen (secondary N) is 1. The number of benzene rings is 2. The molecule has 1 N–H and O–H groups in total. The molecular weight excluding hydrogens is 222 g/mol. The molecule has 2 aromatic rings. The fourth-order valence-electron chi connectivity index (χ4n) is 2.97. The molecule has 0 amide bonds. The standard InChI is InChI=1S/C16H19NO/c1-2-18-16(11-6-12-17-16)15-10-5-8-13-7-3-4-9-14(13)15/h3-5,7-10,17H,2,6,11-12H2,1H3. The summed E-state index contributed by atoms with van der Waals surface area (Å²) in [4.78, 5) is 0. The Hall–Kier alpha value is -1.38. The van der Waals surface area contributed by atoms with Crippen LogP contribution in [-0.4, -0.2) is 13.2 Å². The fraction of sp³-hybridized carbons (Fsp3) is 0.375. The molecule has 1 atom stereocenters. The first-order chi connectivity index (χ1) is 8.86. The number of hydrogen-bond donors (Lipinski definition) is 1. The summed E-state index contributed by atoms with van der Waals surface area (Å²) < 4.78 is 6.07. The van der Waals surface area contributed by atoms with Gasteiger partial charge in [-0.05, 0) is 37.1 Å².